The van der Waals surface area contributed by atoms with Gasteiger partial charge in [0.2, 0.25) is 0 Å². The highest BCUT2D eigenvalue weighted by atomic mass is 28.3. The van der Waals surface area contributed by atoms with Gasteiger partial charge in [-0.15, -0.1) is 5.10 Å². The summed E-state index contributed by atoms with van der Waals surface area (Å²) in [5.41, 5.74) is -0.503. The lowest BCUT2D eigenvalue weighted by atomic mass is 10.2. The zero-order valence-electron chi connectivity index (χ0n) is 15.0. The maximum atomic E-state index is 12.4. The van der Waals surface area contributed by atoms with Crippen molar-refractivity contribution in [2.75, 3.05) is 26.3 Å². The molecule has 1 aromatic rings. The molecule has 2 heterocycles. The lowest BCUT2D eigenvalue weighted by Gasteiger charge is -2.29. The van der Waals surface area contributed by atoms with Crippen LogP contribution >= 0.6 is 0 Å². The van der Waals surface area contributed by atoms with Gasteiger partial charge in [0.15, 0.2) is 0 Å². The fourth-order valence-electron chi connectivity index (χ4n) is 2.48. The Kier molecular flexibility index (Phi) is 5.15. The molecule has 0 radical (unpaired) electrons. The third-order valence-electron chi connectivity index (χ3n) is 3.59. The summed E-state index contributed by atoms with van der Waals surface area (Å²) in [6, 6.07) is -0.0331. The van der Waals surface area contributed by atoms with E-state index in [-0.39, 0.29) is 12.1 Å². The molecule has 8 heteroatoms. The van der Waals surface area contributed by atoms with Gasteiger partial charge in [-0.2, -0.15) is 0 Å². The Bertz CT molecular complexity index is 548. The minimum atomic E-state index is -1.57. The van der Waals surface area contributed by atoms with E-state index in [1.807, 2.05) is 31.6 Å². The van der Waals surface area contributed by atoms with Gasteiger partial charge in [0, 0.05) is 18.4 Å². The molecular weight excluding hydrogens is 312 g/mol. The smallest absolute Gasteiger partial charge is 0.410 e. The first-order valence-electron chi connectivity index (χ1n) is 8.04. The third-order valence-corrected chi connectivity index (χ3v) is 5.48. The number of nitrogens with zero attached hydrogens (tertiary/aromatic N) is 4. The molecule has 23 heavy (non-hydrogen) atoms. The molecule has 0 aromatic carbocycles. The molecule has 1 saturated heterocycles. The Labute approximate surface area is 138 Å². The van der Waals surface area contributed by atoms with Crippen molar-refractivity contribution < 1.29 is 14.3 Å². The number of hydrogen-bond donors (Lipinski definition) is 0. The summed E-state index contributed by atoms with van der Waals surface area (Å²) in [6.07, 6.45) is 1.54. The van der Waals surface area contributed by atoms with E-state index in [4.69, 9.17) is 9.47 Å². The van der Waals surface area contributed by atoms with Crippen LogP contribution in [0.1, 0.15) is 26.8 Å². The lowest BCUT2D eigenvalue weighted by molar-refractivity contribution is 0.0234. The van der Waals surface area contributed by atoms with E-state index in [2.05, 4.69) is 30.0 Å². The third kappa shape index (κ3) is 4.78. The molecule has 1 aromatic heterocycles. The molecule has 1 fully saturated rings. The van der Waals surface area contributed by atoms with Crippen LogP contribution in [-0.2, 0) is 9.47 Å². The second-order valence-corrected chi connectivity index (χ2v) is 13.0. The average Bonchev–Trinajstić information content (AvgIpc) is 2.75. The molecule has 0 bridgehead atoms. The molecule has 0 spiro atoms. The number of amides is 1. The summed E-state index contributed by atoms with van der Waals surface area (Å²) in [5.74, 6) is 0. The summed E-state index contributed by atoms with van der Waals surface area (Å²) in [5, 5.41) is 9.50. The van der Waals surface area contributed by atoms with Crippen LogP contribution in [0.3, 0.4) is 0 Å². The van der Waals surface area contributed by atoms with E-state index in [0.29, 0.717) is 26.3 Å². The Hall–Kier alpha value is -1.41. The fraction of sp³-hybridized carbons (Fsp3) is 0.800. The minimum absolute atomic E-state index is 0.0331. The van der Waals surface area contributed by atoms with Gasteiger partial charge >= 0.3 is 6.09 Å². The quantitative estimate of drug-likeness (QED) is 0.766. The van der Waals surface area contributed by atoms with Gasteiger partial charge in [0.1, 0.15) is 13.7 Å². The second kappa shape index (κ2) is 6.60. The van der Waals surface area contributed by atoms with Crippen molar-refractivity contribution in [3.63, 3.8) is 0 Å². The van der Waals surface area contributed by atoms with Crippen LogP contribution in [-0.4, -0.2) is 66.0 Å². The largest absolute Gasteiger partial charge is 0.444 e. The van der Waals surface area contributed by atoms with Crippen molar-refractivity contribution in [1.82, 2.24) is 19.9 Å². The van der Waals surface area contributed by atoms with E-state index in [0.717, 1.165) is 5.32 Å². The van der Waals surface area contributed by atoms with Crippen molar-refractivity contribution in [3.05, 3.63) is 6.20 Å². The maximum Gasteiger partial charge on any atom is 0.410 e. The van der Waals surface area contributed by atoms with Gasteiger partial charge in [-0.1, -0.05) is 24.9 Å². The van der Waals surface area contributed by atoms with Gasteiger partial charge in [-0.05, 0) is 20.8 Å². The van der Waals surface area contributed by atoms with Crippen LogP contribution in [0.2, 0.25) is 19.6 Å². The first-order valence-corrected chi connectivity index (χ1v) is 11.5. The van der Waals surface area contributed by atoms with Gasteiger partial charge in [0.05, 0.1) is 25.5 Å². The van der Waals surface area contributed by atoms with Crippen molar-refractivity contribution in [1.29, 1.82) is 0 Å². The Morgan fingerprint density at radius 3 is 2.70 bits per heavy atom. The standard InChI is InChI=1S/C15H28N4O3Si/c1-15(2,3)22-14(20)18-7-8-21-11-12(10-18)19-13(9-16-17-19)23(4,5)6/h9,12H,7-8,10-11H2,1-6H3. The molecule has 1 aliphatic rings. The van der Waals surface area contributed by atoms with Crippen LogP contribution in [0, 0.1) is 0 Å². The number of hydrogen-bond acceptors (Lipinski definition) is 5. The molecule has 7 nitrogen and oxygen atoms in total. The molecular formula is C15H28N4O3Si. The zero-order chi connectivity index (χ0) is 17.3. The second-order valence-electron chi connectivity index (χ2n) is 7.97. The minimum Gasteiger partial charge on any atom is -0.444 e. The number of rotatable bonds is 2. The highest BCUT2D eigenvalue weighted by molar-refractivity contribution is 6.88. The predicted octanol–water partition coefficient (Wildman–Crippen LogP) is 1.63. The van der Waals surface area contributed by atoms with Crippen molar-refractivity contribution in [2.24, 2.45) is 0 Å². The zero-order valence-corrected chi connectivity index (χ0v) is 16.0. The van der Waals surface area contributed by atoms with Crippen molar-refractivity contribution in [3.8, 4) is 0 Å². The van der Waals surface area contributed by atoms with Crippen LogP contribution in [0.4, 0.5) is 4.79 Å². The van der Waals surface area contributed by atoms with E-state index in [9.17, 15) is 4.79 Å². The number of ether oxygens (including phenoxy) is 2. The van der Waals surface area contributed by atoms with E-state index in [1.54, 1.807) is 4.90 Å². The Balaban J connectivity index is 2.17. The van der Waals surface area contributed by atoms with Crippen LogP contribution in [0.5, 0.6) is 0 Å². The number of aromatic nitrogens is 3. The van der Waals surface area contributed by atoms with Crippen molar-refractivity contribution >= 4 is 19.5 Å². The molecule has 0 saturated carbocycles. The van der Waals surface area contributed by atoms with Crippen LogP contribution in [0.25, 0.3) is 0 Å². The lowest BCUT2D eigenvalue weighted by Crippen LogP contribution is -2.47. The van der Waals surface area contributed by atoms with Crippen LogP contribution in [0.15, 0.2) is 6.20 Å². The van der Waals surface area contributed by atoms with Gasteiger partial charge in [0.25, 0.3) is 0 Å². The molecule has 1 aliphatic heterocycles. The Morgan fingerprint density at radius 2 is 2.09 bits per heavy atom. The van der Waals surface area contributed by atoms with Crippen LogP contribution < -0.4 is 5.32 Å². The fourth-order valence-corrected chi connectivity index (χ4v) is 3.84. The predicted molar refractivity (Wildman–Crippen MR) is 90.7 cm³/mol. The highest BCUT2D eigenvalue weighted by Gasteiger charge is 2.31. The first-order chi connectivity index (χ1) is 10.6. The molecule has 1 atom stereocenters. The van der Waals surface area contributed by atoms with E-state index >= 15 is 0 Å². The van der Waals surface area contributed by atoms with Gasteiger partial charge in [-0.25, -0.2) is 9.48 Å². The molecule has 0 aliphatic carbocycles. The molecule has 130 valence electrons. The summed E-state index contributed by atoms with van der Waals surface area (Å²) in [4.78, 5) is 14.1. The summed E-state index contributed by atoms with van der Waals surface area (Å²) in [7, 11) is -1.57. The van der Waals surface area contributed by atoms with E-state index in [1.165, 1.54) is 0 Å². The molecule has 1 unspecified atom stereocenters. The van der Waals surface area contributed by atoms with Crippen molar-refractivity contribution in [2.45, 2.75) is 52.1 Å². The highest BCUT2D eigenvalue weighted by Crippen LogP contribution is 2.16. The van der Waals surface area contributed by atoms with E-state index < -0.39 is 13.7 Å². The Morgan fingerprint density at radius 1 is 1.39 bits per heavy atom. The normalized spacial score (nSPS) is 20.3. The summed E-state index contributed by atoms with van der Waals surface area (Å²) in [6.45, 7) is 14.5. The molecule has 2 rings (SSSR count). The van der Waals surface area contributed by atoms with Gasteiger partial charge in [-0.3, -0.25) is 0 Å². The summed E-state index contributed by atoms with van der Waals surface area (Å²) < 4.78 is 13.1. The SMILES string of the molecule is CC(C)(C)OC(=O)N1CCOCC(n2nncc2[Si](C)(C)C)C1. The first kappa shape index (κ1) is 17.9. The average molecular weight is 341 g/mol. The topological polar surface area (TPSA) is 69.5 Å². The molecule has 0 N–H and O–H groups in total. The number of carbonyl (C=O) groups excluding carboxylic acids is 1. The molecule has 1 amide bonds. The maximum absolute atomic E-state index is 12.4. The number of carbonyl (C=O) groups is 1. The monoisotopic (exact) mass is 340 g/mol. The van der Waals surface area contributed by atoms with Gasteiger partial charge < -0.3 is 14.4 Å². The summed E-state index contributed by atoms with van der Waals surface area (Å²) >= 11 is 0.